The van der Waals surface area contributed by atoms with Gasteiger partial charge in [-0.2, -0.15) is 0 Å². The third-order valence-electron chi connectivity index (χ3n) is 3.29. The molecule has 2 N–H and O–H groups in total. The summed E-state index contributed by atoms with van der Waals surface area (Å²) in [5.41, 5.74) is 1.22. The van der Waals surface area contributed by atoms with Crippen LogP contribution < -0.4 is 5.32 Å². The van der Waals surface area contributed by atoms with Gasteiger partial charge in [0.2, 0.25) is 0 Å². The molecule has 2 rings (SSSR count). The monoisotopic (exact) mass is 283 g/mol. The summed E-state index contributed by atoms with van der Waals surface area (Å²) in [7, 11) is 0. The van der Waals surface area contributed by atoms with E-state index in [-0.39, 0.29) is 6.10 Å². The van der Waals surface area contributed by atoms with Crippen LogP contribution in [0, 0.1) is 5.92 Å². The van der Waals surface area contributed by atoms with E-state index in [1.54, 1.807) is 0 Å². The van der Waals surface area contributed by atoms with Gasteiger partial charge in [0.25, 0.3) is 0 Å². The molecule has 16 heavy (non-hydrogen) atoms. The van der Waals surface area contributed by atoms with Crippen molar-refractivity contribution in [2.24, 2.45) is 5.92 Å². The fourth-order valence-electron chi connectivity index (χ4n) is 2.26. The Morgan fingerprint density at radius 1 is 1.25 bits per heavy atom. The Labute approximate surface area is 105 Å². The summed E-state index contributed by atoms with van der Waals surface area (Å²) in [5.74, 6) is 0.463. The zero-order valence-corrected chi connectivity index (χ0v) is 10.9. The van der Waals surface area contributed by atoms with E-state index in [0.29, 0.717) is 5.92 Å². The second-order valence-corrected chi connectivity index (χ2v) is 5.40. The highest BCUT2D eigenvalue weighted by atomic mass is 79.9. The number of benzene rings is 1. The number of halogens is 1. The average molecular weight is 284 g/mol. The fraction of sp³-hybridized carbons (Fsp3) is 0.538. The van der Waals surface area contributed by atoms with Gasteiger partial charge in [0, 0.05) is 4.47 Å². The predicted molar refractivity (Wildman–Crippen MR) is 69.4 cm³/mol. The minimum absolute atomic E-state index is 0.191. The van der Waals surface area contributed by atoms with E-state index in [2.05, 4.69) is 33.4 Å². The molecule has 0 spiro atoms. The Kier molecular flexibility index (Phi) is 4.38. The summed E-state index contributed by atoms with van der Waals surface area (Å²) < 4.78 is 1.09. The molecule has 1 aliphatic heterocycles. The molecule has 1 fully saturated rings. The Hall–Kier alpha value is -0.380. The molecule has 1 atom stereocenters. The van der Waals surface area contributed by atoms with Gasteiger partial charge in [0.05, 0.1) is 6.10 Å². The van der Waals surface area contributed by atoms with Gasteiger partial charge in [-0.25, -0.2) is 0 Å². The van der Waals surface area contributed by atoms with Crippen LogP contribution in [0.25, 0.3) is 0 Å². The van der Waals surface area contributed by atoms with Crippen LogP contribution in [0.5, 0.6) is 0 Å². The van der Waals surface area contributed by atoms with Gasteiger partial charge in [-0.3, -0.25) is 0 Å². The van der Waals surface area contributed by atoms with Crippen LogP contribution in [-0.2, 0) is 6.42 Å². The minimum Gasteiger partial charge on any atom is -0.392 e. The average Bonchev–Trinajstić information content (AvgIpc) is 2.33. The maximum absolute atomic E-state index is 10.2. The van der Waals surface area contributed by atoms with E-state index < -0.39 is 0 Å². The lowest BCUT2D eigenvalue weighted by atomic mass is 9.89. The molecule has 1 aliphatic rings. The summed E-state index contributed by atoms with van der Waals surface area (Å²) >= 11 is 3.42. The fourth-order valence-corrected chi connectivity index (χ4v) is 2.52. The van der Waals surface area contributed by atoms with Crippen molar-refractivity contribution >= 4 is 15.9 Å². The first kappa shape index (κ1) is 12.1. The van der Waals surface area contributed by atoms with Crippen LogP contribution in [-0.4, -0.2) is 24.3 Å². The molecule has 1 saturated heterocycles. The first-order valence-electron chi connectivity index (χ1n) is 5.89. The molecular weight excluding hydrogens is 266 g/mol. The van der Waals surface area contributed by atoms with Crippen molar-refractivity contribution in [3.8, 4) is 0 Å². The summed E-state index contributed by atoms with van der Waals surface area (Å²) in [4.78, 5) is 0. The maximum Gasteiger partial charge on any atom is 0.0609 e. The van der Waals surface area contributed by atoms with E-state index in [1.165, 1.54) is 5.56 Å². The zero-order valence-electron chi connectivity index (χ0n) is 9.32. The van der Waals surface area contributed by atoms with E-state index in [4.69, 9.17) is 0 Å². The van der Waals surface area contributed by atoms with E-state index in [1.807, 2.05) is 12.1 Å². The van der Waals surface area contributed by atoms with E-state index >= 15 is 0 Å². The van der Waals surface area contributed by atoms with Crippen LogP contribution in [0.15, 0.2) is 28.7 Å². The minimum atomic E-state index is -0.191. The first-order valence-corrected chi connectivity index (χ1v) is 6.68. The van der Waals surface area contributed by atoms with Crippen molar-refractivity contribution in [1.29, 1.82) is 0 Å². The van der Waals surface area contributed by atoms with Crippen LogP contribution in [0.2, 0.25) is 0 Å². The second-order valence-electron chi connectivity index (χ2n) is 4.49. The zero-order chi connectivity index (χ0) is 11.4. The lowest BCUT2D eigenvalue weighted by Gasteiger charge is -2.27. The van der Waals surface area contributed by atoms with E-state index in [9.17, 15) is 5.11 Å². The molecule has 0 saturated carbocycles. The second kappa shape index (κ2) is 5.80. The van der Waals surface area contributed by atoms with Crippen LogP contribution in [0.3, 0.4) is 0 Å². The molecule has 1 heterocycles. The van der Waals surface area contributed by atoms with Crippen LogP contribution in [0.1, 0.15) is 18.4 Å². The number of rotatable bonds is 3. The van der Waals surface area contributed by atoms with Crippen molar-refractivity contribution in [3.63, 3.8) is 0 Å². The molecular formula is C13H18BrNO. The Morgan fingerprint density at radius 3 is 2.50 bits per heavy atom. The summed E-state index contributed by atoms with van der Waals surface area (Å²) in [5, 5.41) is 13.5. The molecule has 2 nitrogen and oxygen atoms in total. The van der Waals surface area contributed by atoms with Gasteiger partial charge < -0.3 is 10.4 Å². The number of aliphatic hydroxyl groups is 1. The molecule has 1 aromatic carbocycles. The molecule has 0 aliphatic carbocycles. The number of hydrogen-bond acceptors (Lipinski definition) is 2. The SMILES string of the molecule is O[C@H](Cc1ccc(Br)cc1)C1CCNCC1. The van der Waals surface area contributed by atoms with Gasteiger partial charge in [0.1, 0.15) is 0 Å². The number of hydrogen-bond donors (Lipinski definition) is 2. The van der Waals surface area contributed by atoms with Gasteiger partial charge in [-0.1, -0.05) is 28.1 Å². The Morgan fingerprint density at radius 2 is 1.88 bits per heavy atom. The standard InChI is InChI=1S/C13H18BrNO/c14-12-3-1-10(2-4-12)9-13(16)11-5-7-15-8-6-11/h1-4,11,13,15-16H,5-9H2/t13-/m1/s1. The van der Waals surface area contributed by atoms with Gasteiger partial charge in [-0.05, 0) is 56.0 Å². The number of nitrogens with one attached hydrogen (secondary N) is 1. The molecule has 88 valence electrons. The Balaban J connectivity index is 1.90. The smallest absolute Gasteiger partial charge is 0.0609 e. The molecule has 0 unspecified atom stereocenters. The van der Waals surface area contributed by atoms with Gasteiger partial charge in [-0.15, -0.1) is 0 Å². The highest BCUT2D eigenvalue weighted by Crippen LogP contribution is 2.20. The summed E-state index contributed by atoms with van der Waals surface area (Å²) in [6.45, 7) is 2.09. The topological polar surface area (TPSA) is 32.3 Å². The third-order valence-corrected chi connectivity index (χ3v) is 3.81. The number of aliphatic hydroxyl groups excluding tert-OH is 1. The van der Waals surface area contributed by atoms with Crippen LogP contribution in [0.4, 0.5) is 0 Å². The van der Waals surface area contributed by atoms with Gasteiger partial charge in [0.15, 0.2) is 0 Å². The molecule has 3 heteroatoms. The first-order chi connectivity index (χ1) is 7.75. The number of piperidine rings is 1. The van der Waals surface area contributed by atoms with Gasteiger partial charge >= 0.3 is 0 Å². The molecule has 0 bridgehead atoms. The third kappa shape index (κ3) is 3.30. The van der Waals surface area contributed by atoms with Crippen molar-refractivity contribution in [2.45, 2.75) is 25.4 Å². The highest BCUT2D eigenvalue weighted by molar-refractivity contribution is 9.10. The maximum atomic E-state index is 10.2. The Bertz CT molecular complexity index is 319. The lowest BCUT2D eigenvalue weighted by molar-refractivity contribution is 0.0891. The molecule has 0 radical (unpaired) electrons. The quantitative estimate of drug-likeness (QED) is 0.893. The highest BCUT2D eigenvalue weighted by Gasteiger charge is 2.21. The molecule has 1 aromatic rings. The van der Waals surface area contributed by atoms with Crippen molar-refractivity contribution in [3.05, 3.63) is 34.3 Å². The van der Waals surface area contributed by atoms with Crippen molar-refractivity contribution < 1.29 is 5.11 Å². The van der Waals surface area contributed by atoms with Crippen molar-refractivity contribution in [2.75, 3.05) is 13.1 Å². The normalized spacial score (nSPS) is 19.6. The largest absolute Gasteiger partial charge is 0.392 e. The van der Waals surface area contributed by atoms with Crippen LogP contribution >= 0.6 is 15.9 Å². The summed E-state index contributed by atoms with van der Waals surface area (Å²) in [6, 6.07) is 8.22. The molecule has 0 amide bonds. The molecule has 0 aromatic heterocycles. The van der Waals surface area contributed by atoms with Crippen molar-refractivity contribution in [1.82, 2.24) is 5.32 Å². The summed E-state index contributed by atoms with van der Waals surface area (Å²) in [6.07, 6.45) is 2.77. The lowest BCUT2D eigenvalue weighted by Crippen LogP contribution is -2.34. The van der Waals surface area contributed by atoms with E-state index in [0.717, 1.165) is 36.8 Å². The predicted octanol–water partition coefficient (Wildman–Crippen LogP) is 2.35.